The molecule has 1 atom stereocenters. The summed E-state index contributed by atoms with van der Waals surface area (Å²) < 4.78 is 11.0. The molecular formula is C19H22BrNO3. The second-order valence-corrected chi connectivity index (χ2v) is 6.31. The number of halogens is 1. The third-order valence-electron chi connectivity index (χ3n) is 5.23. The van der Waals surface area contributed by atoms with Crippen molar-refractivity contribution in [2.24, 2.45) is 0 Å². The highest BCUT2D eigenvalue weighted by molar-refractivity contribution is 8.93. The number of hydrogen-bond donors (Lipinski definition) is 1. The molecule has 4 rings (SSSR count). The lowest BCUT2D eigenvalue weighted by Crippen LogP contribution is -2.35. The van der Waals surface area contributed by atoms with E-state index in [9.17, 15) is 5.11 Å². The molecule has 2 aliphatic rings. The summed E-state index contributed by atoms with van der Waals surface area (Å²) in [7, 11) is 5.46. The maximum Gasteiger partial charge on any atom is 0.166 e. The molecule has 2 aromatic carbocycles. The summed E-state index contributed by atoms with van der Waals surface area (Å²) in [6.07, 6.45) is 1.88. The Bertz CT molecular complexity index is 791. The van der Waals surface area contributed by atoms with Crippen LogP contribution in [0.4, 0.5) is 0 Å². The molecule has 0 aromatic heterocycles. The molecule has 1 heterocycles. The third-order valence-corrected chi connectivity index (χ3v) is 5.23. The Morgan fingerprint density at radius 2 is 1.92 bits per heavy atom. The quantitative estimate of drug-likeness (QED) is 0.846. The molecule has 1 unspecified atom stereocenters. The number of benzene rings is 2. The van der Waals surface area contributed by atoms with E-state index in [2.05, 4.69) is 18.0 Å². The third kappa shape index (κ3) is 2.30. The average Bonchev–Trinajstić information content (AvgIpc) is 2.58. The Kier molecular flexibility index (Phi) is 4.49. The van der Waals surface area contributed by atoms with Crippen LogP contribution in [-0.2, 0) is 12.8 Å². The van der Waals surface area contributed by atoms with Crippen molar-refractivity contribution in [3.05, 3.63) is 41.0 Å². The number of rotatable bonds is 2. The molecule has 0 saturated carbocycles. The van der Waals surface area contributed by atoms with E-state index in [0.717, 1.165) is 41.8 Å². The molecule has 4 nitrogen and oxygen atoms in total. The molecule has 5 heteroatoms. The summed E-state index contributed by atoms with van der Waals surface area (Å²) in [6.45, 7) is 1.01. The normalized spacial score (nSPS) is 18.2. The zero-order valence-corrected chi connectivity index (χ0v) is 15.8. The minimum atomic E-state index is 0. The predicted molar refractivity (Wildman–Crippen MR) is 99.7 cm³/mol. The van der Waals surface area contributed by atoms with E-state index in [-0.39, 0.29) is 28.8 Å². The number of likely N-dealkylation sites (N-methyl/N-ethyl adjacent to an activating group) is 1. The van der Waals surface area contributed by atoms with Gasteiger partial charge in [-0.25, -0.2) is 0 Å². The van der Waals surface area contributed by atoms with Gasteiger partial charge in [-0.05, 0) is 48.7 Å². The molecule has 128 valence electrons. The van der Waals surface area contributed by atoms with Gasteiger partial charge in [0.15, 0.2) is 11.5 Å². The van der Waals surface area contributed by atoms with E-state index in [1.54, 1.807) is 14.2 Å². The van der Waals surface area contributed by atoms with Gasteiger partial charge in [0, 0.05) is 23.7 Å². The number of aromatic hydroxyl groups is 1. The number of fused-ring (bicyclic) bond motifs is 2. The van der Waals surface area contributed by atoms with E-state index in [0.29, 0.717) is 5.75 Å². The summed E-state index contributed by atoms with van der Waals surface area (Å²) in [5.74, 6) is 1.68. The molecule has 0 radical (unpaired) electrons. The van der Waals surface area contributed by atoms with Crippen LogP contribution in [-0.4, -0.2) is 37.8 Å². The summed E-state index contributed by atoms with van der Waals surface area (Å²) >= 11 is 0. The van der Waals surface area contributed by atoms with E-state index >= 15 is 0 Å². The van der Waals surface area contributed by atoms with Crippen molar-refractivity contribution >= 4 is 17.0 Å². The number of phenols is 1. The second kappa shape index (κ2) is 6.30. The van der Waals surface area contributed by atoms with Gasteiger partial charge < -0.3 is 14.6 Å². The number of nitrogens with zero attached hydrogens (tertiary/aromatic N) is 1. The standard InChI is InChI=1S/C19H21NO3.BrH/c1-20-8-7-11-9-16(23-3)19(21)18-12-5-4-6-15(22-2)13(12)10-14(20)17(11)18;/h4-6,9,14,21H,7-8,10H2,1-3H3;1H. The van der Waals surface area contributed by atoms with Crippen molar-refractivity contribution in [3.8, 4) is 28.4 Å². The lowest BCUT2D eigenvalue weighted by molar-refractivity contribution is 0.225. The molecule has 24 heavy (non-hydrogen) atoms. The van der Waals surface area contributed by atoms with Crippen LogP contribution in [0.3, 0.4) is 0 Å². The van der Waals surface area contributed by atoms with Crippen LogP contribution in [0.25, 0.3) is 11.1 Å². The first-order chi connectivity index (χ1) is 11.2. The van der Waals surface area contributed by atoms with Crippen molar-refractivity contribution in [2.75, 3.05) is 27.8 Å². The molecule has 1 aliphatic heterocycles. The van der Waals surface area contributed by atoms with Crippen LogP contribution in [0.2, 0.25) is 0 Å². The van der Waals surface area contributed by atoms with Crippen LogP contribution in [0.15, 0.2) is 24.3 Å². The van der Waals surface area contributed by atoms with E-state index in [4.69, 9.17) is 9.47 Å². The Hall–Kier alpha value is -1.72. The molecule has 2 aromatic rings. The van der Waals surface area contributed by atoms with Crippen LogP contribution >= 0.6 is 17.0 Å². The van der Waals surface area contributed by atoms with Crippen molar-refractivity contribution in [1.29, 1.82) is 0 Å². The Balaban J connectivity index is 0.00000169. The molecule has 1 N–H and O–H groups in total. The SMILES string of the molecule is Br.COc1cc2c3c(c1O)-c1cccc(OC)c1CC3N(C)CC2. The summed E-state index contributed by atoms with van der Waals surface area (Å²) in [5.41, 5.74) is 5.67. The van der Waals surface area contributed by atoms with Crippen LogP contribution in [0, 0.1) is 0 Å². The van der Waals surface area contributed by atoms with Gasteiger partial charge >= 0.3 is 0 Å². The fourth-order valence-electron chi connectivity index (χ4n) is 4.06. The maximum atomic E-state index is 10.8. The zero-order valence-electron chi connectivity index (χ0n) is 14.1. The molecule has 0 spiro atoms. The van der Waals surface area contributed by atoms with Crippen LogP contribution in [0.1, 0.15) is 22.7 Å². The van der Waals surface area contributed by atoms with E-state index < -0.39 is 0 Å². The lowest BCUT2D eigenvalue weighted by Gasteiger charge is -2.40. The largest absolute Gasteiger partial charge is 0.504 e. The highest BCUT2D eigenvalue weighted by Gasteiger charge is 2.36. The predicted octanol–water partition coefficient (Wildman–Crippen LogP) is 3.74. The summed E-state index contributed by atoms with van der Waals surface area (Å²) in [5, 5.41) is 10.8. The second-order valence-electron chi connectivity index (χ2n) is 6.31. The molecule has 0 saturated heterocycles. The van der Waals surface area contributed by atoms with E-state index in [1.165, 1.54) is 11.1 Å². The van der Waals surface area contributed by atoms with Gasteiger partial charge in [0.2, 0.25) is 0 Å². The van der Waals surface area contributed by atoms with Crippen LogP contribution in [0.5, 0.6) is 17.2 Å². The Morgan fingerprint density at radius 1 is 1.17 bits per heavy atom. The molecule has 0 fully saturated rings. The van der Waals surface area contributed by atoms with E-state index in [1.807, 2.05) is 18.2 Å². The minimum Gasteiger partial charge on any atom is -0.504 e. The van der Waals surface area contributed by atoms with Crippen molar-refractivity contribution in [2.45, 2.75) is 18.9 Å². The van der Waals surface area contributed by atoms with Crippen molar-refractivity contribution in [1.82, 2.24) is 4.90 Å². The van der Waals surface area contributed by atoms with Gasteiger partial charge in [-0.3, -0.25) is 4.90 Å². The Morgan fingerprint density at radius 3 is 2.62 bits per heavy atom. The van der Waals surface area contributed by atoms with Gasteiger partial charge in [-0.1, -0.05) is 12.1 Å². The minimum absolute atomic E-state index is 0. The van der Waals surface area contributed by atoms with Gasteiger partial charge in [-0.15, -0.1) is 17.0 Å². The molecular weight excluding hydrogens is 370 g/mol. The van der Waals surface area contributed by atoms with Gasteiger partial charge in [-0.2, -0.15) is 0 Å². The first-order valence-electron chi connectivity index (χ1n) is 7.95. The fourth-order valence-corrected chi connectivity index (χ4v) is 4.06. The Labute approximate surface area is 152 Å². The first kappa shape index (κ1) is 17.1. The fraction of sp³-hybridized carbons (Fsp3) is 0.368. The maximum absolute atomic E-state index is 10.8. The van der Waals surface area contributed by atoms with Crippen molar-refractivity contribution < 1.29 is 14.6 Å². The number of methoxy groups -OCH3 is 2. The molecule has 1 aliphatic carbocycles. The summed E-state index contributed by atoms with van der Waals surface area (Å²) in [4.78, 5) is 2.37. The monoisotopic (exact) mass is 391 g/mol. The topological polar surface area (TPSA) is 41.9 Å². The highest BCUT2D eigenvalue weighted by Crippen LogP contribution is 2.53. The summed E-state index contributed by atoms with van der Waals surface area (Å²) in [6, 6.07) is 8.31. The zero-order chi connectivity index (χ0) is 16.1. The van der Waals surface area contributed by atoms with Gasteiger partial charge in [0.1, 0.15) is 5.75 Å². The lowest BCUT2D eigenvalue weighted by atomic mass is 9.76. The highest BCUT2D eigenvalue weighted by atomic mass is 79.9. The van der Waals surface area contributed by atoms with Crippen molar-refractivity contribution in [3.63, 3.8) is 0 Å². The first-order valence-corrected chi connectivity index (χ1v) is 7.95. The number of phenolic OH excluding ortho intramolecular Hbond substituents is 1. The van der Waals surface area contributed by atoms with Gasteiger partial charge in [0.05, 0.1) is 14.2 Å². The average molecular weight is 392 g/mol. The number of hydrogen-bond acceptors (Lipinski definition) is 4. The smallest absolute Gasteiger partial charge is 0.166 e. The molecule has 0 amide bonds. The van der Waals surface area contributed by atoms with Gasteiger partial charge in [0.25, 0.3) is 0 Å². The number of ether oxygens (including phenoxy) is 2. The molecule has 0 bridgehead atoms. The van der Waals surface area contributed by atoms with Crippen LogP contribution < -0.4 is 9.47 Å².